The Hall–Kier alpha value is -2.68. The van der Waals surface area contributed by atoms with Crippen LogP contribution in [0.25, 0.3) is 21.9 Å². The summed E-state index contributed by atoms with van der Waals surface area (Å²) in [7, 11) is 0. The number of benzene rings is 2. The van der Waals surface area contributed by atoms with E-state index in [9.17, 15) is 4.79 Å². The topological polar surface area (TPSA) is 50.2 Å². The highest BCUT2D eigenvalue weighted by molar-refractivity contribution is 5.87. The number of carboxylic acid groups (broad SMARTS) is 1. The van der Waals surface area contributed by atoms with Crippen LogP contribution in [0, 0.1) is 0 Å². The molecule has 1 heterocycles. The Labute approximate surface area is 122 Å². The molecule has 21 heavy (non-hydrogen) atoms. The van der Waals surface area contributed by atoms with Crippen molar-refractivity contribution in [1.82, 2.24) is 4.98 Å². The molecule has 0 amide bonds. The number of hydrogen-bond acceptors (Lipinski definition) is 2. The molecule has 104 valence electrons. The molecule has 0 fully saturated rings. The smallest absolute Gasteiger partial charge is 0.303 e. The van der Waals surface area contributed by atoms with E-state index >= 15 is 0 Å². The number of carbonyl (C=O) groups is 1. The standard InChI is InChI=1S/C18H15NO2/c20-18(21)8-7-14-9-10-19-12-17(14)16-6-5-13-3-1-2-4-15(13)11-16/h1-6,9-12H,7-8H2,(H,20,21). The van der Waals surface area contributed by atoms with Crippen LogP contribution in [0.1, 0.15) is 12.0 Å². The molecule has 0 spiro atoms. The second-order valence-corrected chi connectivity index (χ2v) is 4.99. The van der Waals surface area contributed by atoms with E-state index in [4.69, 9.17) is 5.11 Å². The lowest BCUT2D eigenvalue weighted by molar-refractivity contribution is -0.136. The molecular formula is C18H15NO2. The van der Waals surface area contributed by atoms with Crippen LogP contribution in [0.2, 0.25) is 0 Å². The minimum Gasteiger partial charge on any atom is -0.481 e. The zero-order valence-corrected chi connectivity index (χ0v) is 11.5. The van der Waals surface area contributed by atoms with Crippen molar-refractivity contribution >= 4 is 16.7 Å². The number of nitrogens with zero attached hydrogens (tertiary/aromatic N) is 1. The summed E-state index contributed by atoms with van der Waals surface area (Å²) >= 11 is 0. The third kappa shape index (κ3) is 2.92. The fourth-order valence-electron chi connectivity index (χ4n) is 2.50. The van der Waals surface area contributed by atoms with Crippen LogP contribution in [-0.4, -0.2) is 16.1 Å². The first-order chi connectivity index (χ1) is 10.2. The molecule has 0 saturated carbocycles. The number of carboxylic acids is 1. The molecule has 0 atom stereocenters. The molecule has 3 aromatic rings. The van der Waals surface area contributed by atoms with Crippen molar-refractivity contribution < 1.29 is 9.90 Å². The molecule has 0 unspecified atom stereocenters. The van der Waals surface area contributed by atoms with Gasteiger partial charge >= 0.3 is 5.97 Å². The van der Waals surface area contributed by atoms with Gasteiger partial charge in [-0.15, -0.1) is 0 Å². The number of hydrogen-bond donors (Lipinski definition) is 1. The first-order valence-corrected chi connectivity index (χ1v) is 6.88. The zero-order chi connectivity index (χ0) is 14.7. The van der Waals surface area contributed by atoms with E-state index in [2.05, 4.69) is 35.3 Å². The summed E-state index contributed by atoms with van der Waals surface area (Å²) in [5, 5.41) is 11.2. The lowest BCUT2D eigenvalue weighted by Gasteiger charge is -2.09. The largest absolute Gasteiger partial charge is 0.481 e. The summed E-state index contributed by atoms with van der Waals surface area (Å²) < 4.78 is 0. The van der Waals surface area contributed by atoms with Crippen molar-refractivity contribution in [3.63, 3.8) is 0 Å². The normalized spacial score (nSPS) is 10.7. The van der Waals surface area contributed by atoms with Gasteiger partial charge in [-0.05, 0) is 40.5 Å². The molecule has 1 aromatic heterocycles. The maximum absolute atomic E-state index is 10.8. The van der Waals surface area contributed by atoms with Gasteiger partial charge in [-0.3, -0.25) is 9.78 Å². The molecule has 1 N–H and O–H groups in total. The van der Waals surface area contributed by atoms with E-state index in [0.717, 1.165) is 16.7 Å². The quantitative estimate of drug-likeness (QED) is 0.786. The summed E-state index contributed by atoms with van der Waals surface area (Å²) in [5.74, 6) is -0.781. The Balaban J connectivity index is 2.03. The minimum absolute atomic E-state index is 0.130. The number of aryl methyl sites for hydroxylation is 1. The highest BCUT2D eigenvalue weighted by Gasteiger charge is 2.08. The molecule has 0 aliphatic rings. The van der Waals surface area contributed by atoms with Gasteiger partial charge in [0.15, 0.2) is 0 Å². The van der Waals surface area contributed by atoms with Crippen LogP contribution in [0.5, 0.6) is 0 Å². The second kappa shape index (κ2) is 5.75. The van der Waals surface area contributed by atoms with Crippen molar-refractivity contribution in [3.8, 4) is 11.1 Å². The predicted octanol–water partition coefficient (Wildman–Crippen LogP) is 3.92. The minimum atomic E-state index is -0.781. The zero-order valence-electron chi connectivity index (χ0n) is 11.5. The van der Waals surface area contributed by atoms with E-state index in [1.807, 2.05) is 18.2 Å². The summed E-state index contributed by atoms with van der Waals surface area (Å²) in [5.41, 5.74) is 3.09. The van der Waals surface area contributed by atoms with Crippen molar-refractivity contribution in [1.29, 1.82) is 0 Å². The molecule has 0 aliphatic heterocycles. The molecule has 0 aliphatic carbocycles. The van der Waals surface area contributed by atoms with E-state index in [1.54, 1.807) is 12.4 Å². The third-order valence-electron chi connectivity index (χ3n) is 3.58. The average molecular weight is 277 g/mol. The molecule has 0 saturated heterocycles. The molecule has 3 heteroatoms. The second-order valence-electron chi connectivity index (χ2n) is 4.99. The molecule has 0 bridgehead atoms. The van der Waals surface area contributed by atoms with Gasteiger partial charge in [0.1, 0.15) is 0 Å². The van der Waals surface area contributed by atoms with Gasteiger partial charge in [0.05, 0.1) is 0 Å². The first kappa shape index (κ1) is 13.3. The maximum Gasteiger partial charge on any atom is 0.303 e. The van der Waals surface area contributed by atoms with E-state index in [-0.39, 0.29) is 6.42 Å². The number of aliphatic carboxylic acids is 1. The Kier molecular flexibility index (Phi) is 3.65. The van der Waals surface area contributed by atoms with Crippen LogP contribution >= 0.6 is 0 Å². The van der Waals surface area contributed by atoms with Gasteiger partial charge < -0.3 is 5.11 Å². The molecular weight excluding hydrogens is 262 g/mol. The SMILES string of the molecule is O=C(O)CCc1ccncc1-c1ccc2ccccc2c1. The van der Waals surface area contributed by atoms with Crippen LogP contribution in [-0.2, 0) is 11.2 Å². The van der Waals surface area contributed by atoms with Gasteiger partial charge in [-0.2, -0.15) is 0 Å². The molecule has 3 nitrogen and oxygen atoms in total. The summed E-state index contributed by atoms with van der Waals surface area (Å²) in [6.45, 7) is 0. The monoisotopic (exact) mass is 277 g/mol. The van der Waals surface area contributed by atoms with E-state index < -0.39 is 5.97 Å². The Morgan fingerprint density at radius 1 is 1.05 bits per heavy atom. The highest BCUT2D eigenvalue weighted by atomic mass is 16.4. The van der Waals surface area contributed by atoms with Crippen molar-refractivity contribution in [2.75, 3.05) is 0 Å². The molecule has 3 rings (SSSR count). The average Bonchev–Trinajstić information content (AvgIpc) is 2.52. The maximum atomic E-state index is 10.8. The lowest BCUT2D eigenvalue weighted by atomic mass is 9.97. The van der Waals surface area contributed by atoms with Gasteiger partial charge in [0.2, 0.25) is 0 Å². The number of rotatable bonds is 4. The number of pyridine rings is 1. The highest BCUT2D eigenvalue weighted by Crippen LogP contribution is 2.27. The number of fused-ring (bicyclic) bond motifs is 1. The van der Waals surface area contributed by atoms with Crippen LogP contribution in [0.15, 0.2) is 60.9 Å². The molecule has 0 radical (unpaired) electrons. The van der Waals surface area contributed by atoms with Crippen molar-refractivity contribution in [2.24, 2.45) is 0 Å². The fraction of sp³-hybridized carbons (Fsp3) is 0.111. The van der Waals surface area contributed by atoms with Crippen LogP contribution in [0.4, 0.5) is 0 Å². The predicted molar refractivity (Wildman–Crippen MR) is 83.1 cm³/mol. The fourth-order valence-corrected chi connectivity index (χ4v) is 2.50. The van der Waals surface area contributed by atoms with E-state index in [1.165, 1.54) is 10.8 Å². The summed E-state index contributed by atoms with van der Waals surface area (Å²) in [6, 6.07) is 16.3. The lowest BCUT2D eigenvalue weighted by Crippen LogP contribution is -1.99. The van der Waals surface area contributed by atoms with Gasteiger partial charge in [0, 0.05) is 24.4 Å². The summed E-state index contributed by atoms with van der Waals surface area (Å²) in [4.78, 5) is 15.0. The van der Waals surface area contributed by atoms with Gasteiger partial charge in [-0.1, -0.05) is 36.4 Å². The van der Waals surface area contributed by atoms with Crippen LogP contribution < -0.4 is 0 Å². The number of aromatic nitrogens is 1. The Morgan fingerprint density at radius 3 is 2.67 bits per heavy atom. The van der Waals surface area contributed by atoms with Crippen molar-refractivity contribution in [3.05, 3.63) is 66.5 Å². The Morgan fingerprint density at radius 2 is 1.86 bits per heavy atom. The van der Waals surface area contributed by atoms with Gasteiger partial charge in [-0.25, -0.2) is 0 Å². The molecule has 2 aromatic carbocycles. The van der Waals surface area contributed by atoms with Crippen LogP contribution in [0.3, 0.4) is 0 Å². The van der Waals surface area contributed by atoms with Gasteiger partial charge in [0.25, 0.3) is 0 Å². The Bertz CT molecular complexity index is 796. The first-order valence-electron chi connectivity index (χ1n) is 6.88. The van der Waals surface area contributed by atoms with E-state index in [0.29, 0.717) is 6.42 Å². The summed E-state index contributed by atoms with van der Waals surface area (Å²) in [6.07, 6.45) is 4.16. The third-order valence-corrected chi connectivity index (χ3v) is 3.58. The van der Waals surface area contributed by atoms with Crippen molar-refractivity contribution in [2.45, 2.75) is 12.8 Å².